The minimum Gasteiger partial charge on any atom is -0.387 e. The smallest absolute Gasteiger partial charge is 0.160 e. The van der Waals surface area contributed by atoms with E-state index in [4.69, 9.17) is 10.1 Å². The van der Waals surface area contributed by atoms with Crippen LogP contribution in [0.2, 0.25) is 0 Å². The molecule has 1 aliphatic rings. The minimum atomic E-state index is -0.765. The number of benzene rings is 1. The van der Waals surface area contributed by atoms with Crippen LogP contribution >= 0.6 is 0 Å². The SMILES string of the molecule is CC(C)c1cc2nc(NCC3(O)CCCNC3)cc(NCc3ccc(-c4cccnc4)cc3)n2n1. The molecule has 1 aliphatic heterocycles. The normalized spacial score (nSPS) is 18.2. The highest BCUT2D eigenvalue weighted by atomic mass is 16.3. The molecule has 4 aromatic rings. The van der Waals surface area contributed by atoms with Gasteiger partial charge in [-0.05, 0) is 48.1 Å². The van der Waals surface area contributed by atoms with Gasteiger partial charge in [0.25, 0.3) is 0 Å². The topological polar surface area (TPSA) is 99.4 Å². The van der Waals surface area contributed by atoms with E-state index in [0.717, 1.165) is 59.1 Å². The highest BCUT2D eigenvalue weighted by Gasteiger charge is 2.29. The van der Waals surface area contributed by atoms with E-state index in [0.29, 0.717) is 25.6 Å². The third kappa shape index (κ3) is 5.44. The van der Waals surface area contributed by atoms with Crippen LogP contribution in [0.25, 0.3) is 16.8 Å². The number of rotatable bonds is 8. The molecule has 0 spiro atoms. The fourth-order valence-electron chi connectivity index (χ4n) is 4.39. The summed E-state index contributed by atoms with van der Waals surface area (Å²) in [4.78, 5) is 8.97. The third-order valence-electron chi connectivity index (χ3n) is 6.51. The number of aromatic nitrogens is 4. The Morgan fingerprint density at radius 3 is 2.69 bits per heavy atom. The second-order valence-corrected chi connectivity index (χ2v) is 9.67. The van der Waals surface area contributed by atoms with Gasteiger partial charge in [-0.15, -0.1) is 0 Å². The van der Waals surface area contributed by atoms with Crippen molar-refractivity contribution in [2.24, 2.45) is 0 Å². The summed E-state index contributed by atoms with van der Waals surface area (Å²) in [6, 6.07) is 16.5. The molecule has 8 heteroatoms. The largest absolute Gasteiger partial charge is 0.387 e. The van der Waals surface area contributed by atoms with Gasteiger partial charge in [-0.3, -0.25) is 4.98 Å². The average molecular weight is 472 g/mol. The summed E-state index contributed by atoms with van der Waals surface area (Å²) >= 11 is 0. The molecular weight excluding hydrogens is 438 g/mol. The van der Waals surface area contributed by atoms with Gasteiger partial charge < -0.3 is 21.1 Å². The number of hydrogen-bond donors (Lipinski definition) is 4. The van der Waals surface area contributed by atoms with Gasteiger partial charge in [-0.25, -0.2) is 4.98 Å². The number of β-amino-alcohol motifs (C(OH)–C–C–N with tert-alkyl or cyclic N) is 1. The molecule has 4 N–H and O–H groups in total. The van der Waals surface area contributed by atoms with E-state index in [1.54, 1.807) is 6.20 Å². The molecule has 3 aromatic heterocycles. The van der Waals surface area contributed by atoms with Crippen molar-refractivity contribution < 1.29 is 5.11 Å². The van der Waals surface area contributed by atoms with Crippen LogP contribution in [0.1, 0.15) is 43.9 Å². The van der Waals surface area contributed by atoms with Crippen molar-refractivity contribution in [3.8, 4) is 11.1 Å². The predicted octanol–water partition coefficient (Wildman–Crippen LogP) is 4.05. The van der Waals surface area contributed by atoms with Gasteiger partial charge in [-0.1, -0.05) is 44.2 Å². The molecule has 1 fully saturated rings. The van der Waals surface area contributed by atoms with Crippen LogP contribution in [0.15, 0.2) is 60.9 Å². The number of pyridine rings is 1. The predicted molar refractivity (Wildman–Crippen MR) is 140 cm³/mol. The van der Waals surface area contributed by atoms with Crippen molar-refractivity contribution in [3.63, 3.8) is 0 Å². The standard InChI is InChI=1S/C27H33N7O/c1-19(2)23-13-26-32-24(31-18-27(35)10-4-12-29-17-27)14-25(34(26)33-23)30-15-20-6-8-21(9-7-20)22-5-3-11-28-16-22/h3,5-9,11,13-14,16,19,29-30,35H,4,10,12,15,17-18H2,1-2H3,(H,31,32). The summed E-state index contributed by atoms with van der Waals surface area (Å²) in [6.45, 7) is 6.90. The van der Waals surface area contributed by atoms with Crippen molar-refractivity contribution in [2.45, 2.75) is 44.8 Å². The number of hydrogen-bond acceptors (Lipinski definition) is 7. The lowest BCUT2D eigenvalue weighted by Gasteiger charge is -2.32. The third-order valence-corrected chi connectivity index (χ3v) is 6.51. The van der Waals surface area contributed by atoms with Gasteiger partial charge in [0, 0.05) is 44.2 Å². The molecule has 0 radical (unpaired) electrons. The van der Waals surface area contributed by atoms with Crippen LogP contribution in [-0.2, 0) is 6.54 Å². The molecule has 1 atom stereocenters. The molecular formula is C27H33N7O. The van der Waals surface area contributed by atoms with Gasteiger partial charge in [0.15, 0.2) is 5.65 Å². The van der Waals surface area contributed by atoms with Crippen molar-refractivity contribution >= 4 is 17.3 Å². The molecule has 182 valence electrons. The van der Waals surface area contributed by atoms with Gasteiger partial charge in [0.05, 0.1) is 11.3 Å². The first-order valence-electron chi connectivity index (χ1n) is 12.3. The van der Waals surface area contributed by atoms with E-state index in [1.807, 2.05) is 28.9 Å². The zero-order valence-corrected chi connectivity index (χ0v) is 20.3. The van der Waals surface area contributed by atoms with E-state index in [2.05, 4.69) is 65.1 Å². The van der Waals surface area contributed by atoms with Gasteiger partial charge in [0.2, 0.25) is 0 Å². The first kappa shape index (κ1) is 23.3. The fraction of sp³-hybridized carbons (Fsp3) is 0.370. The zero-order valence-electron chi connectivity index (χ0n) is 20.3. The summed E-state index contributed by atoms with van der Waals surface area (Å²) in [7, 11) is 0. The van der Waals surface area contributed by atoms with Gasteiger partial charge in [0.1, 0.15) is 11.6 Å². The van der Waals surface area contributed by atoms with Crippen LogP contribution in [0, 0.1) is 0 Å². The van der Waals surface area contributed by atoms with Gasteiger partial charge in [-0.2, -0.15) is 9.61 Å². The highest BCUT2D eigenvalue weighted by Crippen LogP contribution is 2.24. The second-order valence-electron chi connectivity index (χ2n) is 9.67. The minimum absolute atomic E-state index is 0.301. The van der Waals surface area contributed by atoms with Crippen molar-refractivity contribution in [1.29, 1.82) is 0 Å². The van der Waals surface area contributed by atoms with E-state index >= 15 is 0 Å². The molecule has 0 bridgehead atoms. The summed E-state index contributed by atoms with van der Waals surface area (Å²) < 4.78 is 1.86. The summed E-state index contributed by atoms with van der Waals surface area (Å²) in [5, 5.41) is 25.8. The Morgan fingerprint density at radius 1 is 1.11 bits per heavy atom. The molecule has 5 rings (SSSR count). The Hall–Kier alpha value is -3.49. The lowest BCUT2D eigenvalue weighted by atomic mass is 9.94. The van der Waals surface area contributed by atoms with Crippen LogP contribution < -0.4 is 16.0 Å². The van der Waals surface area contributed by atoms with E-state index < -0.39 is 5.60 Å². The van der Waals surface area contributed by atoms with Crippen molar-refractivity contribution in [3.05, 3.63) is 72.2 Å². The molecule has 0 amide bonds. The second kappa shape index (κ2) is 10.0. The monoisotopic (exact) mass is 471 g/mol. The molecule has 1 aromatic carbocycles. The summed E-state index contributed by atoms with van der Waals surface area (Å²) in [5.74, 6) is 1.88. The molecule has 35 heavy (non-hydrogen) atoms. The zero-order chi connectivity index (χ0) is 24.3. The van der Waals surface area contributed by atoms with Crippen molar-refractivity contribution in [1.82, 2.24) is 24.9 Å². The van der Waals surface area contributed by atoms with Crippen LogP contribution in [0.3, 0.4) is 0 Å². The summed E-state index contributed by atoms with van der Waals surface area (Å²) in [5.41, 5.74) is 4.42. The fourth-order valence-corrected chi connectivity index (χ4v) is 4.39. The molecule has 1 unspecified atom stereocenters. The molecule has 8 nitrogen and oxygen atoms in total. The first-order chi connectivity index (χ1) is 17.0. The Bertz CT molecular complexity index is 1260. The number of piperidine rings is 1. The maximum atomic E-state index is 10.9. The Balaban J connectivity index is 1.35. The number of fused-ring (bicyclic) bond motifs is 1. The van der Waals surface area contributed by atoms with Gasteiger partial charge >= 0.3 is 0 Å². The lowest BCUT2D eigenvalue weighted by Crippen LogP contribution is -2.50. The Kier molecular flexibility index (Phi) is 6.66. The quantitative estimate of drug-likeness (QED) is 0.308. The van der Waals surface area contributed by atoms with E-state index in [-0.39, 0.29) is 0 Å². The molecule has 1 saturated heterocycles. The van der Waals surface area contributed by atoms with E-state index in [9.17, 15) is 5.11 Å². The van der Waals surface area contributed by atoms with Crippen LogP contribution in [-0.4, -0.2) is 49.9 Å². The number of anilines is 2. The van der Waals surface area contributed by atoms with Crippen LogP contribution in [0.5, 0.6) is 0 Å². The Morgan fingerprint density at radius 2 is 1.97 bits per heavy atom. The Labute approximate surface area is 205 Å². The average Bonchev–Trinajstić information content (AvgIpc) is 3.32. The van der Waals surface area contributed by atoms with Crippen molar-refractivity contribution in [2.75, 3.05) is 30.3 Å². The molecule has 0 saturated carbocycles. The number of nitrogens with one attached hydrogen (secondary N) is 3. The molecule has 0 aliphatic carbocycles. The molecule has 4 heterocycles. The maximum Gasteiger partial charge on any atom is 0.160 e. The first-order valence-corrected chi connectivity index (χ1v) is 12.3. The van der Waals surface area contributed by atoms with Crippen LogP contribution in [0.4, 0.5) is 11.6 Å². The number of aliphatic hydroxyl groups is 1. The maximum absolute atomic E-state index is 10.9. The van der Waals surface area contributed by atoms with E-state index in [1.165, 1.54) is 0 Å². The number of nitrogens with zero attached hydrogens (tertiary/aromatic N) is 4. The lowest BCUT2D eigenvalue weighted by molar-refractivity contribution is 0.0291. The summed E-state index contributed by atoms with van der Waals surface area (Å²) in [6.07, 6.45) is 5.41. The highest BCUT2D eigenvalue weighted by molar-refractivity contribution is 5.63.